The Bertz CT molecular complexity index is 934. The number of likely N-dealkylation sites (tertiary alicyclic amines) is 1. The van der Waals surface area contributed by atoms with Crippen LogP contribution in [0.25, 0.3) is 5.69 Å². The first kappa shape index (κ1) is 18.2. The molecule has 142 valence electrons. The van der Waals surface area contributed by atoms with Gasteiger partial charge in [0.05, 0.1) is 6.33 Å². The summed E-state index contributed by atoms with van der Waals surface area (Å²) in [4.78, 5) is 31.5. The van der Waals surface area contributed by atoms with Crippen molar-refractivity contribution in [2.24, 2.45) is 5.92 Å². The monoisotopic (exact) mass is 373 g/mol. The van der Waals surface area contributed by atoms with Crippen LogP contribution in [0.15, 0.2) is 73.3 Å². The van der Waals surface area contributed by atoms with Crippen molar-refractivity contribution in [2.75, 3.05) is 13.1 Å². The zero-order valence-electron chi connectivity index (χ0n) is 15.7. The topological polar surface area (TPSA) is 55.2 Å². The largest absolute Gasteiger partial charge is 0.338 e. The van der Waals surface area contributed by atoms with E-state index in [0.29, 0.717) is 25.1 Å². The van der Waals surface area contributed by atoms with Gasteiger partial charge >= 0.3 is 0 Å². The van der Waals surface area contributed by atoms with Gasteiger partial charge in [0.15, 0.2) is 0 Å². The third-order valence-corrected chi connectivity index (χ3v) is 5.30. The molecule has 0 unspecified atom stereocenters. The van der Waals surface area contributed by atoms with Crippen LogP contribution in [0.3, 0.4) is 0 Å². The number of amides is 1. The van der Waals surface area contributed by atoms with Gasteiger partial charge in [-0.1, -0.05) is 30.3 Å². The second kappa shape index (κ2) is 8.21. The molecule has 4 rings (SSSR count). The number of piperidine rings is 1. The molecule has 1 amide bonds. The molecule has 1 aliphatic heterocycles. The van der Waals surface area contributed by atoms with Gasteiger partial charge in [0.25, 0.3) is 5.91 Å². The van der Waals surface area contributed by atoms with E-state index in [-0.39, 0.29) is 17.6 Å². The lowest BCUT2D eigenvalue weighted by atomic mass is 9.90. The van der Waals surface area contributed by atoms with Gasteiger partial charge in [0.1, 0.15) is 5.78 Å². The molecule has 1 atom stereocenters. The summed E-state index contributed by atoms with van der Waals surface area (Å²) in [6, 6.07) is 17.3. The number of carbonyl (C=O) groups is 2. The third-order valence-electron chi connectivity index (χ3n) is 5.30. The number of carbonyl (C=O) groups excluding carboxylic acids is 2. The summed E-state index contributed by atoms with van der Waals surface area (Å²) in [7, 11) is 0. The zero-order chi connectivity index (χ0) is 19.3. The molecule has 3 aromatic rings. The Balaban J connectivity index is 1.41. The van der Waals surface area contributed by atoms with Crippen molar-refractivity contribution in [1.29, 1.82) is 0 Å². The fraction of sp³-hybridized carbons (Fsp3) is 0.261. The summed E-state index contributed by atoms with van der Waals surface area (Å²) in [5.74, 6) is 0.136. The molecule has 0 spiro atoms. The van der Waals surface area contributed by atoms with Crippen LogP contribution in [0.1, 0.15) is 28.8 Å². The van der Waals surface area contributed by atoms with Crippen molar-refractivity contribution in [3.05, 3.63) is 84.4 Å². The number of ketones is 1. The standard InChI is InChI=1S/C23H23N3O2/c27-22(15-18-5-2-1-3-6-18)20-7-4-13-25(16-20)23(28)19-8-10-21(11-9-19)26-14-12-24-17-26/h1-3,5-6,8-12,14,17,20H,4,7,13,15-16H2/t20-/m1/s1. The first-order chi connectivity index (χ1) is 13.7. The summed E-state index contributed by atoms with van der Waals surface area (Å²) >= 11 is 0. The van der Waals surface area contributed by atoms with E-state index in [4.69, 9.17) is 0 Å². The highest BCUT2D eigenvalue weighted by Crippen LogP contribution is 2.21. The van der Waals surface area contributed by atoms with Crippen LogP contribution in [-0.2, 0) is 11.2 Å². The predicted octanol–water partition coefficient (Wildman–Crippen LogP) is 3.54. The molecule has 28 heavy (non-hydrogen) atoms. The fourth-order valence-corrected chi connectivity index (χ4v) is 3.74. The maximum absolute atomic E-state index is 12.9. The SMILES string of the molecule is O=C(Cc1ccccc1)[C@@H]1CCCN(C(=O)c2ccc(-n3ccnc3)cc2)C1. The first-order valence-electron chi connectivity index (χ1n) is 9.65. The van der Waals surface area contributed by atoms with Crippen molar-refractivity contribution in [3.63, 3.8) is 0 Å². The van der Waals surface area contributed by atoms with E-state index < -0.39 is 0 Å². The molecular weight excluding hydrogens is 350 g/mol. The Hall–Kier alpha value is -3.21. The lowest BCUT2D eigenvalue weighted by Crippen LogP contribution is -2.42. The second-order valence-corrected chi connectivity index (χ2v) is 7.24. The number of benzene rings is 2. The van der Waals surface area contributed by atoms with E-state index in [2.05, 4.69) is 4.98 Å². The van der Waals surface area contributed by atoms with E-state index in [1.165, 1.54) is 0 Å². The quantitative estimate of drug-likeness (QED) is 0.687. The van der Waals surface area contributed by atoms with E-state index in [9.17, 15) is 9.59 Å². The molecule has 1 saturated heterocycles. The number of aromatic nitrogens is 2. The zero-order valence-corrected chi connectivity index (χ0v) is 15.7. The van der Waals surface area contributed by atoms with Crippen LogP contribution in [0, 0.1) is 5.92 Å². The van der Waals surface area contributed by atoms with Crippen molar-refractivity contribution < 1.29 is 9.59 Å². The van der Waals surface area contributed by atoms with Crippen LogP contribution in [0.4, 0.5) is 0 Å². The molecule has 0 aliphatic carbocycles. The van der Waals surface area contributed by atoms with Gasteiger partial charge in [-0.05, 0) is 42.7 Å². The summed E-state index contributed by atoms with van der Waals surface area (Å²) in [6.45, 7) is 1.21. The molecule has 0 saturated carbocycles. The number of nitrogens with zero attached hydrogens (tertiary/aromatic N) is 3. The predicted molar refractivity (Wildman–Crippen MR) is 107 cm³/mol. The Morgan fingerprint density at radius 3 is 2.54 bits per heavy atom. The minimum Gasteiger partial charge on any atom is -0.338 e. The highest BCUT2D eigenvalue weighted by molar-refractivity contribution is 5.95. The smallest absolute Gasteiger partial charge is 0.253 e. The molecule has 1 aliphatic rings. The Kier molecular flexibility index (Phi) is 5.33. The molecule has 0 N–H and O–H groups in total. The molecular formula is C23H23N3O2. The number of imidazole rings is 1. The summed E-state index contributed by atoms with van der Waals surface area (Å²) < 4.78 is 1.90. The van der Waals surface area contributed by atoms with Gasteiger partial charge in [-0.25, -0.2) is 4.98 Å². The lowest BCUT2D eigenvalue weighted by molar-refractivity contribution is -0.123. The lowest BCUT2D eigenvalue weighted by Gasteiger charge is -2.32. The minimum absolute atomic E-state index is 0.00519. The van der Waals surface area contributed by atoms with E-state index in [0.717, 1.165) is 24.1 Å². The number of hydrogen-bond acceptors (Lipinski definition) is 3. The molecule has 5 nitrogen and oxygen atoms in total. The number of Topliss-reactive ketones (excluding diaryl/α,β-unsaturated/α-hetero) is 1. The van der Waals surface area contributed by atoms with Crippen molar-refractivity contribution in [3.8, 4) is 5.69 Å². The van der Waals surface area contributed by atoms with Crippen molar-refractivity contribution in [1.82, 2.24) is 14.5 Å². The van der Waals surface area contributed by atoms with Crippen LogP contribution in [-0.4, -0.2) is 39.2 Å². The maximum atomic E-state index is 12.9. The molecule has 0 bridgehead atoms. The third kappa shape index (κ3) is 4.03. The Labute approximate surface area is 164 Å². The second-order valence-electron chi connectivity index (χ2n) is 7.24. The number of hydrogen-bond donors (Lipinski definition) is 0. The summed E-state index contributed by atoms with van der Waals surface area (Å²) in [5.41, 5.74) is 2.65. The summed E-state index contributed by atoms with van der Waals surface area (Å²) in [5, 5.41) is 0. The molecule has 2 aromatic carbocycles. The van der Waals surface area contributed by atoms with Gasteiger partial charge in [-0.15, -0.1) is 0 Å². The molecule has 1 fully saturated rings. The first-order valence-corrected chi connectivity index (χ1v) is 9.65. The highest BCUT2D eigenvalue weighted by atomic mass is 16.2. The van der Waals surface area contributed by atoms with Crippen molar-refractivity contribution >= 4 is 11.7 Å². The Morgan fingerprint density at radius 1 is 1.04 bits per heavy atom. The van der Waals surface area contributed by atoms with E-state index in [1.807, 2.05) is 70.3 Å². The van der Waals surface area contributed by atoms with Crippen LogP contribution >= 0.6 is 0 Å². The highest BCUT2D eigenvalue weighted by Gasteiger charge is 2.28. The average molecular weight is 373 g/mol. The Morgan fingerprint density at radius 2 is 1.82 bits per heavy atom. The molecule has 1 aromatic heterocycles. The summed E-state index contributed by atoms with van der Waals surface area (Å²) in [6.07, 6.45) is 7.47. The van der Waals surface area contributed by atoms with E-state index >= 15 is 0 Å². The van der Waals surface area contributed by atoms with Gasteiger partial charge < -0.3 is 9.47 Å². The molecule has 5 heteroatoms. The molecule has 0 radical (unpaired) electrons. The van der Waals surface area contributed by atoms with Gasteiger partial charge in [0, 0.05) is 49.1 Å². The fourth-order valence-electron chi connectivity index (χ4n) is 3.74. The maximum Gasteiger partial charge on any atom is 0.253 e. The van der Waals surface area contributed by atoms with Crippen LogP contribution in [0.5, 0.6) is 0 Å². The normalized spacial score (nSPS) is 16.7. The molecule has 2 heterocycles. The van der Waals surface area contributed by atoms with E-state index in [1.54, 1.807) is 12.5 Å². The van der Waals surface area contributed by atoms with Gasteiger partial charge in [0.2, 0.25) is 0 Å². The number of rotatable bonds is 5. The average Bonchev–Trinajstić information content (AvgIpc) is 3.29. The van der Waals surface area contributed by atoms with Crippen LogP contribution < -0.4 is 0 Å². The van der Waals surface area contributed by atoms with Crippen LogP contribution in [0.2, 0.25) is 0 Å². The van der Waals surface area contributed by atoms with Gasteiger partial charge in [-0.2, -0.15) is 0 Å². The minimum atomic E-state index is -0.0804. The van der Waals surface area contributed by atoms with Crippen molar-refractivity contribution in [2.45, 2.75) is 19.3 Å². The van der Waals surface area contributed by atoms with Gasteiger partial charge in [-0.3, -0.25) is 9.59 Å².